The predicted octanol–water partition coefficient (Wildman–Crippen LogP) is 2.77. The fraction of sp³-hybridized carbons (Fsp3) is 0.733. The van der Waals surface area contributed by atoms with E-state index < -0.39 is 0 Å². The first-order valence-electron chi connectivity index (χ1n) is 7.17. The van der Waals surface area contributed by atoms with E-state index in [1.807, 2.05) is 6.92 Å². The Morgan fingerprint density at radius 3 is 2.63 bits per heavy atom. The summed E-state index contributed by atoms with van der Waals surface area (Å²) in [5.41, 5.74) is 1.78. The number of rotatable bonds is 3. The standard InChI is InChI=1S/C15H24N2O2/c1-5-19-12(15(2,3)4)13-16-11-9-7-6-8-10(11)14(18)17-13/h12H,5-9H2,1-4H3,(H,16,17,18). The Morgan fingerprint density at radius 2 is 2.00 bits per heavy atom. The Bertz CT molecular complexity index is 500. The molecule has 4 nitrogen and oxygen atoms in total. The monoisotopic (exact) mass is 264 g/mol. The zero-order chi connectivity index (χ0) is 14.0. The van der Waals surface area contributed by atoms with Crippen LogP contribution in [0.4, 0.5) is 0 Å². The largest absolute Gasteiger partial charge is 0.370 e. The number of aromatic nitrogens is 2. The summed E-state index contributed by atoms with van der Waals surface area (Å²) in [4.78, 5) is 19.8. The molecule has 19 heavy (non-hydrogen) atoms. The molecule has 106 valence electrons. The van der Waals surface area contributed by atoms with Gasteiger partial charge < -0.3 is 9.72 Å². The average molecular weight is 264 g/mol. The minimum atomic E-state index is -0.169. The molecule has 0 aliphatic heterocycles. The van der Waals surface area contributed by atoms with E-state index >= 15 is 0 Å². The van der Waals surface area contributed by atoms with E-state index in [-0.39, 0.29) is 17.1 Å². The molecule has 0 bridgehead atoms. The first-order chi connectivity index (χ1) is 8.93. The topological polar surface area (TPSA) is 55.0 Å². The molecule has 1 N–H and O–H groups in total. The van der Waals surface area contributed by atoms with Crippen LogP contribution in [0.3, 0.4) is 0 Å². The minimum absolute atomic E-state index is 0.0219. The van der Waals surface area contributed by atoms with E-state index in [1.165, 1.54) is 0 Å². The molecular formula is C15H24N2O2. The molecule has 1 aliphatic carbocycles. The number of nitrogens with one attached hydrogen (secondary N) is 1. The molecule has 0 spiro atoms. The lowest BCUT2D eigenvalue weighted by atomic mass is 9.88. The van der Waals surface area contributed by atoms with Crippen molar-refractivity contribution in [2.45, 2.75) is 59.5 Å². The smallest absolute Gasteiger partial charge is 0.254 e. The molecule has 4 heteroatoms. The van der Waals surface area contributed by atoms with Crippen LogP contribution >= 0.6 is 0 Å². The van der Waals surface area contributed by atoms with Gasteiger partial charge in [-0.2, -0.15) is 0 Å². The maximum atomic E-state index is 12.2. The van der Waals surface area contributed by atoms with Crippen LogP contribution in [0.5, 0.6) is 0 Å². The van der Waals surface area contributed by atoms with Gasteiger partial charge in [-0.05, 0) is 38.0 Å². The molecular weight excluding hydrogens is 240 g/mol. The van der Waals surface area contributed by atoms with Gasteiger partial charge in [0.2, 0.25) is 0 Å². The van der Waals surface area contributed by atoms with Crippen molar-refractivity contribution in [1.29, 1.82) is 0 Å². The third-order valence-corrected chi connectivity index (χ3v) is 3.58. The third kappa shape index (κ3) is 3.06. The van der Waals surface area contributed by atoms with Gasteiger partial charge in [0.25, 0.3) is 5.56 Å². The maximum absolute atomic E-state index is 12.2. The van der Waals surface area contributed by atoms with E-state index in [1.54, 1.807) is 0 Å². The molecule has 1 aliphatic rings. The van der Waals surface area contributed by atoms with Gasteiger partial charge in [0, 0.05) is 12.2 Å². The molecule has 0 saturated carbocycles. The van der Waals surface area contributed by atoms with Crippen LogP contribution in [0.25, 0.3) is 0 Å². The van der Waals surface area contributed by atoms with Gasteiger partial charge in [0.05, 0.1) is 5.69 Å². The summed E-state index contributed by atoms with van der Waals surface area (Å²) in [5, 5.41) is 0. The van der Waals surface area contributed by atoms with E-state index in [0.717, 1.165) is 36.9 Å². The number of ether oxygens (including phenoxy) is 1. The SMILES string of the molecule is CCOC(c1nc2c(c(=O)[nH]1)CCCC2)C(C)(C)C. The predicted molar refractivity (Wildman–Crippen MR) is 75.3 cm³/mol. The third-order valence-electron chi connectivity index (χ3n) is 3.58. The van der Waals surface area contributed by atoms with Crippen molar-refractivity contribution >= 4 is 0 Å². The van der Waals surface area contributed by atoms with Crippen molar-refractivity contribution in [3.8, 4) is 0 Å². The van der Waals surface area contributed by atoms with Gasteiger partial charge in [-0.1, -0.05) is 20.8 Å². The highest BCUT2D eigenvalue weighted by atomic mass is 16.5. The van der Waals surface area contributed by atoms with E-state index in [0.29, 0.717) is 12.4 Å². The van der Waals surface area contributed by atoms with Gasteiger partial charge >= 0.3 is 0 Å². The quantitative estimate of drug-likeness (QED) is 0.913. The number of nitrogens with zero attached hydrogens (tertiary/aromatic N) is 1. The zero-order valence-corrected chi connectivity index (χ0v) is 12.4. The van der Waals surface area contributed by atoms with Gasteiger partial charge in [-0.25, -0.2) is 4.98 Å². The van der Waals surface area contributed by atoms with Crippen LogP contribution < -0.4 is 5.56 Å². The fourth-order valence-corrected chi connectivity index (χ4v) is 2.65. The lowest BCUT2D eigenvalue weighted by molar-refractivity contribution is -0.0194. The van der Waals surface area contributed by atoms with Crippen LogP contribution in [-0.2, 0) is 17.6 Å². The molecule has 1 unspecified atom stereocenters. The van der Waals surface area contributed by atoms with Gasteiger partial charge in [-0.3, -0.25) is 4.79 Å². The Labute approximate surface area is 114 Å². The van der Waals surface area contributed by atoms with Gasteiger partial charge in [0.15, 0.2) is 0 Å². The highest BCUT2D eigenvalue weighted by molar-refractivity contribution is 5.21. The second kappa shape index (κ2) is 5.45. The first kappa shape index (κ1) is 14.3. The van der Waals surface area contributed by atoms with Crippen LogP contribution in [0.1, 0.15) is 63.7 Å². The lowest BCUT2D eigenvalue weighted by Crippen LogP contribution is -2.29. The molecule has 1 heterocycles. The van der Waals surface area contributed by atoms with Crippen LogP contribution in [0.2, 0.25) is 0 Å². The number of aryl methyl sites for hydroxylation is 1. The summed E-state index contributed by atoms with van der Waals surface area (Å²) in [5.74, 6) is 0.681. The van der Waals surface area contributed by atoms with Crippen molar-refractivity contribution in [2.75, 3.05) is 6.61 Å². The highest BCUT2D eigenvalue weighted by Crippen LogP contribution is 2.34. The fourth-order valence-electron chi connectivity index (χ4n) is 2.65. The van der Waals surface area contributed by atoms with Crippen molar-refractivity contribution in [1.82, 2.24) is 9.97 Å². The van der Waals surface area contributed by atoms with Gasteiger partial charge in [-0.15, -0.1) is 0 Å². The molecule has 1 atom stereocenters. The van der Waals surface area contributed by atoms with E-state index in [4.69, 9.17) is 4.74 Å². The molecule has 1 aromatic heterocycles. The van der Waals surface area contributed by atoms with E-state index in [9.17, 15) is 4.79 Å². The molecule has 1 aromatic rings. The van der Waals surface area contributed by atoms with Gasteiger partial charge in [0.1, 0.15) is 11.9 Å². The number of aromatic amines is 1. The Hall–Kier alpha value is -1.16. The second-order valence-electron chi connectivity index (χ2n) is 6.28. The normalized spacial score (nSPS) is 17.1. The zero-order valence-electron chi connectivity index (χ0n) is 12.4. The number of fused-ring (bicyclic) bond motifs is 1. The van der Waals surface area contributed by atoms with E-state index in [2.05, 4.69) is 30.7 Å². The number of hydrogen-bond acceptors (Lipinski definition) is 3. The summed E-state index contributed by atoms with van der Waals surface area (Å²) in [6, 6.07) is 0. The van der Waals surface area contributed by atoms with Crippen molar-refractivity contribution in [3.05, 3.63) is 27.4 Å². The molecule has 2 rings (SSSR count). The molecule has 0 radical (unpaired) electrons. The van der Waals surface area contributed by atoms with Crippen molar-refractivity contribution in [2.24, 2.45) is 5.41 Å². The summed E-state index contributed by atoms with van der Waals surface area (Å²) in [7, 11) is 0. The molecule has 0 aromatic carbocycles. The van der Waals surface area contributed by atoms with Crippen molar-refractivity contribution in [3.63, 3.8) is 0 Å². The van der Waals surface area contributed by atoms with Crippen LogP contribution in [0, 0.1) is 5.41 Å². The van der Waals surface area contributed by atoms with Crippen LogP contribution in [-0.4, -0.2) is 16.6 Å². The molecule has 0 fully saturated rings. The summed E-state index contributed by atoms with van der Waals surface area (Å²) in [6.45, 7) is 8.89. The maximum Gasteiger partial charge on any atom is 0.254 e. The summed E-state index contributed by atoms with van der Waals surface area (Å²) in [6.07, 6.45) is 3.81. The lowest BCUT2D eigenvalue weighted by Gasteiger charge is -2.30. The Balaban J connectivity index is 2.44. The summed E-state index contributed by atoms with van der Waals surface area (Å²) >= 11 is 0. The molecule has 0 saturated heterocycles. The number of H-pyrrole nitrogens is 1. The second-order valence-corrected chi connectivity index (χ2v) is 6.28. The van der Waals surface area contributed by atoms with Crippen LogP contribution in [0.15, 0.2) is 4.79 Å². The Kier molecular flexibility index (Phi) is 4.09. The first-order valence-corrected chi connectivity index (χ1v) is 7.17. The average Bonchev–Trinajstić information content (AvgIpc) is 2.34. The molecule has 0 amide bonds. The number of hydrogen-bond donors (Lipinski definition) is 1. The highest BCUT2D eigenvalue weighted by Gasteiger charge is 2.30. The summed E-state index contributed by atoms with van der Waals surface area (Å²) < 4.78 is 5.81. The Morgan fingerprint density at radius 1 is 1.32 bits per heavy atom. The minimum Gasteiger partial charge on any atom is -0.370 e. The van der Waals surface area contributed by atoms with Crippen molar-refractivity contribution < 1.29 is 4.74 Å².